The molecule has 1 aromatic rings. The first-order valence-electron chi connectivity index (χ1n) is 5.85. The van der Waals surface area contributed by atoms with Gasteiger partial charge >= 0.3 is 0 Å². The van der Waals surface area contributed by atoms with Crippen LogP contribution < -0.4 is 10.6 Å². The largest absolute Gasteiger partial charge is 0.314 e. The summed E-state index contributed by atoms with van der Waals surface area (Å²) in [6, 6.07) is 10.1. The minimum absolute atomic E-state index is 0.461. The first-order valence-corrected chi connectivity index (χ1v) is 5.85. The molecule has 1 aromatic carbocycles. The monoisotopic (exact) mass is 204 g/mol. The molecular formula is C13H20N2. The smallest absolute Gasteiger partial charge is 0.0322 e. The van der Waals surface area contributed by atoms with Crippen LogP contribution in [0.15, 0.2) is 24.3 Å². The predicted molar refractivity (Wildman–Crippen MR) is 64.0 cm³/mol. The molecule has 0 spiro atoms. The molecule has 0 aliphatic carbocycles. The number of nitrogens with one attached hydrogen (secondary N) is 2. The van der Waals surface area contributed by atoms with Gasteiger partial charge in [0.15, 0.2) is 0 Å². The van der Waals surface area contributed by atoms with Crippen LogP contribution in [0.4, 0.5) is 0 Å². The summed E-state index contributed by atoms with van der Waals surface area (Å²) >= 11 is 0. The van der Waals surface area contributed by atoms with E-state index in [9.17, 15) is 0 Å². The molecule has 0 saturated carbocycles. The summed E-state index contributed by atoms with van der Waals surface area (Å²) in [5.74, 6) is 0. The lowest BCUT2D eigenvalue weighted by atomic mass is 10.0. The highest BCUT2D eigenvalue weighted by molar-refractivity contribution is 5.24. The molecule has 0 aromatic heterocycles. The standard InChI is InChI=1S/C13H20N2/c1-3-11-4-6-12(7-5-11)10(2)15-13-8-14-9-13/h4-7,10,13-15H,3,8-9H2,1-2H3. The zero-order chi connectivity index (χ0) is 10.7. The van der Waals surface area contributed by atoms with Crippen LogP contribution in [0.5, 0.6) is 0 Å². The van der Waals surface area contributed by atoms with E-state index in [1.807, 2.05) is 0 Å². The van der Waals surface area contributed by atoms with Gasteiger partial charge in [-0.05, 0) is 24.5 Å². The van der Waals surface area contributed by atoms with Crippen LogP contribution in [0.2, 0.25) is 0 Å². The predicted octanol–water partition coefficient (Wildman–Crippen LogP) is 1.87. The molecule has 2 rings (SSSR count). The van der Waals surface area contributed by atoms with Crippen molar-refractivity contribution >= 4 is 0 Å². The molecule has 0 radical (unpaired) electrons. The molecule has 82 valence electrons. The Morgan fingerprint density at radius 3 is 2.47 bits per heavy atom. The summed E-state index contributed by atoms with van der Waals surface area (Å²) < 4.78 is 0. The van der Waals surface area contributed by atoms with Crippen molar-refractivity contribution in [1.29, 1.82) is 0 Å². The van der Waals surface area contributed by atoms with Gasteiger partial charge in [-0.1, -0.05) is 31.2 Å². The van der Waals surface area contributed by atoms with E-state index in [0.717, 1.165) is 19.5 Å². The summed E-state index contributed by atoms with van der Waals surface area (Å²) in [6.45, 7) is 6.64. The molecular weight excluding hydrogens is 184 g/mol. The second kappa shape index (κ2) is 4.77. The van der Waals surface area contributed by atoms with Crippen LogP contribution in [0.25, 0.3) is 0 Å². The Kier molecular flexibility index (Phi) is 3.39. The Morgan fingerprint density at radius 2 is 2.00 bits per heavy atom. The van der Waals surface area contributed by atoms with Crippen molar-refractivity contribution in [2.45, 2.75) is 32.4 Å². The molecule has 1 aliphatic heterocycles. The topological polar surface area (TPSA) is 24.1 Å². The Hall–Kier alpha value is -0.860. The van der Waals surface area contributed by atoms with Gasteiger partial charge in [-0.3, -0.25) is 0 Å². The van der Waals surface area contributed by atoms with Gasteiger partial charge in [0.1, 0.15) is 0 Å². The van der Waals surface area contributed by atoms with Crippen molar-refractivity contribution in [3.63, 3.8) is 0 Å². The molecule has 2 N–H and O–H groups in total. The van der Waals surface area contributed by atoms with Crippen molar-refractivity contribution in [3.8, 4) is 0 Å². The third-order valence-electron chi connectivity index (χ3n) is 3.16. The number of hydrogen-bond donors (Lipinski definition) is 2. The first kappa shape index (κ1) is 10.7. The van der Waals surface area contributed by atoms with Gasteiger partial charge in [0.05, 0.1) is 0 Å². The van der Waals surface area contributed by atoms with E-state index in [4.69, 9.17) is 0 Å². The number of hydrogen-bond acceptors (Lipinski definition) is 2. The van der Waals surface area contributed by atoms with Gasteiger partial charge in [0, 0.05) is 25.2 Å². The fraction of sp³-hybridized carbons (Fsp3) is 0.538. The van der Waals surface area contributed by atoms with Crippen molar-refractivity contribution in [2.24, 2.45) is 0 Å². The minimum Gasteiger partial charge on any atom is -0.314 e. The lowest BCUT2D eigenvalue weighted by Gasteiger charge is -2.31. The number of aryl methyl sites for hydroxylation is 1. The molecule has 0 amide bonds. The molecule has 1 fully saturated rings. The normalized spacial score (nSPS) is 18.5. The average Bonchev–Trinajstić information content (AvgIpc) is 2.23. The molecule has 2 heteroatoms. The van der Waals surface area contributed by atoms with Gasteiger partial charge in [-0.2, -0.15) is 0 Å². The van der Waals surface area contributed by atoms with Gasteiger partial charge in [0.2, 0.25) is 0 Å². The molecule has 1 unspecified atom stereocenters. The second-order valence-electron chi connectivity index (χ2n) is 4.34. The van der Waals surface area contributed by atoms with E-state index in [1.165, 1.54) is 11.1 Å². The quantitative estimate of drug-likeness (QED) is 0.782. The van der Waals surface area contributed by atoms with Crippen LogP contribution in [-0.4, -0.2) is 19.1 Å². The van der Waals surface area contributed by atoms with Crippen LogP contribution in [0, 0.1) is 0 Å². The van der Waals surface area contributed by atoms with Crippen molar-refractivity contribution in [3.05, 3.63) is 35.4 Å². The van der Waals surface area contributed by atoms with E-state index >= 15 is 0 Å². The van der Waals surface area contributed by atoms with Gasteiger partial charge in [-0.25, -0.2) is 0 Å². The fourth-order valence-electron chi connectivity index (χ4n) is 1.90. The van der Waals surface area contributed by atoms with E-state index in [0.29, 0.717) is 12.1 Å². The molecule has 1 atom stereocenters. The van der Waals surface area contributed by atoms with Crippen LogP contribution in [0.1, 0.15) is 31.0 Å². The Morgan fingerprint density at radius 1 is 1.33 bits per heavy atom. The lowest BCUT2D eigenvalue weighted by molar-refractivity contribution is 0.338. The van der Waals surface area contributed by atoms with Crippen LogP contribution in [0.3, 0.4) is 0 Å². The summed E-state index contributed by atoms with van der Waals surface area (Å²) in [5.41, 5.74) is 2.80. The van der Waals surface area contributed by atoms with Crippen LogP contribution in [-0.2, 0) is 6.42 Å². The van der Waals surface area contributed by atoms with E-state index in [1.54, 1.807) is 0 Å². The molecule has 15 heavy (non-hydrogen) atoms. The Balaban J connectivity index is 1.94. The highest BCUT2D eigenvalue weighted by Crippen LogP contribution is 2.14. The summed E-state index contributed by atoms with van der Waals surface area (Å²) in [4.78, 5) is 0. The number of benzene rings is 1. The minimum atomic E-state index is 0.461. The lowest BCUT2D eigenvalue weighted by Crippen LogP contribution is -2.55. The van der Waals surface area contributed by atoms with Crippen LogP contribution >= 0.6 is 0 Å². The molecule has 0 bridgehead atoms. The Bertz CT molecular complexity index is 301. The maximum Gasteiger partial charge on any atom is 0.0322 e. The fourth-order valence-corrected chi connectivity index (χ4v) is 1.90. The molecule has 1 aliphatic rings. The van der Waals surface area contributed by atoms with Gasteiger partial charge in [0.25, 0.3) is 0 Å². The maximum absolute atomic E-state index is 3.61. The zero-order valence-corrected chi connectivity index (χ0v) is 9.59. The Labute approximate surface area is 92.1 Å². The van der Waals surface area contributed by atoms with Crippen molar-refractivity contribution in [2.75, 3.05) is 13.1 Å². The van der Waals surface area contributed by atoms with E-state index in [2.05, 4.69) is 48.7 Å². The molecule has 2 nitrogen and oxygen atoms in total. The average molecular weight is 204 g/mol. The third kappa shape index (κ3) is 2.58. The van der Waals surface area contributed by atoms with Crippen molar-refractivity contribution in [1.82, 2.24) is 10.6 Å². The second-order valence-corrected chi connectivity index (χ2v) is 4.34. The first-order chi connectivity index (χ1) is 7.29. The van der Waals surface area contributed by atoms with Gasteiger partial charge in [-0.15, -0.1) is 0 Å². The zero-order valence-electron chi connectivity index (χ0n) is 9.59. The summed E-state index contributed by atoms with van der Waals surface area (Å²) in [6.07, 6.45) is 1.12. The maximum atomic E-state index is 3.61. The third-order valence-corrected chi connectivity index (χ3v) is 3.16. The molecule has 1 saturated heterocycles. The van der Waals surface area contributed by atoms with E-state index in [-0.39, 0.29) is 0 Å². The summed E-state index contributed by atoms with van der Waals surface area (Å²) in [7, 11) is 0. The van der Waals surface area contributed by atoms with E-state index < -0.39 is 0 Å². The highest BCUT2D eigenvalue weighted by atomic mass is 15.1. The van der Waals surface area contributed by atoms with Gasteiger partial charge < -0.3 is 10.6 Å². The molecule has 1 heterocycles. The highest BCUT2D eigenvalue weighted by Gasteiger charge is 2.18. The SMILES string of the molecule is CCc1ccc(C(C)NC2CNC2)cc1. The van der Waals surface area contributed by atoms with Crippen molar-refractivity contribution < 1.29 is 0 Å². The number of rotatable bonds is 4. The summed E-state index contributed by atoms with van der Waals surface area (Å²) in [5, 5.41) is 6.88.